The maximum Gasteiger partial charge on any atom is 0.245 e. The number of hydrogen-bond acceptors (Lipinski definition) is 3. The molecular formula is C22H23ClN2O2S. The molecule has 1 aromatic heterocycles. The van der Waals surface area contributed by atoms with Gasteiger partial charge in [0.1, 0.15) is 4.90 Å². The van der Waals surface area contributed by atoms with Crippen molar-refractivity contribution < 1.29 is 8.42 Å². The maximum absolute atomic E-state index is 13.6. The van der Waals surface area contributed by atoms with Crippen molar-refractivity contribution in [2.45, 2.75) is 37.0 Å². The van der Waals surface area contributed by atoms with Crippen LogP contribution in [0.25, 0.3) is 10.9 Å². The molecule has 6 heteroatoms. The van der Waals surface area contributed by atoms with Crippen molar-refractivity contribution in [3.63, 3.8) is 0 Å². The third kappa shape index (κ3) is 3.79. The third-order valence-electron chi connectivity index (χ3n) is 5.42. The summed E-state index contributed by atoms with van der Waals surface area (Å²) in [5.74, 6) is 0.166. The molecule has 4 rings (SSSR count). The van der Waals surface area contributed by atoms with E-state index < -0.39 is 10.0 Å². The lowest BCUT2D eigenvalue weighted by molar-refractivity contribution is 0.406. The third-order valence-corrected chi connectivity index (χ3v) is 7.56. The summed E-state index contributed by atoms with van der Waals surface area (Å²) in [7, 11) is -3.63. The van der Waals surface area contributed by atoms with Crippen molar-refractivity contribution in [1.29, 1.82) is 0 Å². The molecule has 1 saturated heterocycles. The van der Waals surface area contributed by atoms with Crippen LogP contribution in [0.2, 0.25) is 5.02 Å². The molecule has 1 atom stereocenters. The van der Waals surface area contributed by atoms with Crippen LogP contribution in [-0.2, 0) is 10.0 Å². The maximum atomic E-state index is 13.6. The zero-order valence-corrected chi connectivity index (χ0v) is 17.4. The van der Waals surface area contributed by atoms with Crippen LogP contribution >= 0.6 is 11.6 Å². The zero-order chi connectivity index (χ0) is 19.7. The standard InChI is InChI=1S/C22H23ClN2O2S/c1-16-8-9-18-6-4-7-21(22(18)24-16)28(26,27)25-14-3-2-5-19(15-25)17-10-12-20(23)13-11-17/h4,6-13,19H,2-3,5,14-15H2,1H3. The van der Waals surface area contributed by atoms with Gasteiger partial charge in [-0.1, -0.05) is 48.4 Å². The Hall–Kier alpha value is -1.95. The lowest BCUT2D eigenvalue weighted by Crippen LogP contribution is -2.34. The van der Waals surface area contributed by atoms with Crippen LogP contribution < -0.4 is 0 Å². The van der Waals surface area contributed by atoms with Gasteiger partial charge in [0.2, 0.25) is 10.0 Å². The monoisotopic (exact) mass is 414 g/mol. The van der Waals surface area contributed by atoms with Crippen molar-refractivity contribution in [1.82, 2.24) is 9.29 Å². The van der Waals surface area contributed by atoms with E-state index >= 15 is 0 Å². The van der Waals surface area contributed by atoms with Crippen LogP contribution in [0.3, 0.4) is 0 Å². The molecule has 0 radical (unpaired) electrons. The minimum Gasteiger partial charge on any atom is -0.252 e. The number of sulfonamides is 1. The number of aryl methyl sites for hydroxylation is 1. The molecular weight excluding hydrogens is 392 g/mol. The van der Waals surface area contributed by atoms with E-state index in [-0.39, 0.29) is 5.92 Å². The van der Waals surface area contributed by atoms with E-state index in [1.807, 2.05) is 49.4 Å². The van der Waals surface area contributed by atoms with Crippen LogP contribution in [0.1, 0.15) is 36.4 Å². The molecule has 2 heterocycles. The molecule has 3 aromatic rings. The van der Waals surface area contributed by atoms with E-state index in [1.54, 1.807) is 16.4 Å². The number of fused-ring (bicyclic) bond motifs is 1. The molecule has 1 aliphatic heterocycles. The van der Waals surface area contributed by atoms with E-state index in [1.165, 1.54) is 0 Å². The summed E-state index contributed by atoms with van der Waals surface area (Å²) >= 11 is 6.02. The van der Waals surface area contributed by atoms with Gasteiger partial charge in [-0.15, -0.1) is 0 Å². The second-order valence-corrected chi connectivity index (χ2v) is 9.73. The number of para-hydroxylation sites is 1. The van der Waals surface area contributed by atoms with Crippen LogP contribution in [0.15, 0.2) is 59.5 Å². The fourth-order valence-electron chi connectivity index (χ4n) is 3.90. The molecule has 0 amide bonds. The summed E-state index contributed by atoms with van der Waals surface area (Å²) in [6.07, 6.45) is 2.84. The normalized spacial score (nSPS) is 18.9. The lowest BCUT2D eigenvalue weighted by Gasteiger charge is -2.25. The summed E-state index contributed by atoms with van der Waals surface area (Å²) in [6.45, 7) is 2.89. The quantitative estimate of drug-likeness (QED) is 0.595. The molecule has 0 N–H and O–H groups in total. The minimum absolute atomic E-state index is 0.166. The Labute approximate surface area is 171 Å². The van der Waals surface area contributed by atoms with E-state index in [4.69, 9.17) is 11.6 Å². The van der Waals surface area contributed by atoms with Gasteiger partial charge in [0.05, 0.1) is 5.52 Å². The summed E-state index contributed by atoms with van der Waals surface area (Å²) in [5.41, 5.74) is 2.50. The first-order valence-corrected chi connectivity index (χ1v) is 11.4. The molecule has 146 valence electrons. The second kappa shape index (κ2) is 7.82. The number of benzene rings is 2. The Morgan fingerprint density at radius 1 is 1.04 bits per heavy atom. The fourth-order valence-corrected chi connectivity index (χ4v) is 5.71. The number of aromatic nitrogens is 1. The molecule has 1 fully saturated rings. The predicted octanol–water partition coefficient (Wildman–Crippen LogP) is 5.16. The Kier molecular flexibility index (Phi) is 5.41. The zero-order valence-electron chi connectivity index (χ0n) is 15.8. The SMILES string of the molecule is Cc1ccc2cccc(S(=O)(=O)N3CCCCC(c4ccc(Cl)cc4)C3)c2n1. The fraction of sp³-hybridized carbons (Fsp3) is 0.318. The van der Waals surface area contributed by atoms with Crippen molar-refractivity contribution in [2.75, 3.05) is 13.1 Å². The number of pyridine rings is 1. The highest BCUT2D eigenvalue weighted by molar-refractivity contribution is 7.89. The molecule has 28 heavy (non-hydrogen) atoms. The van der Waals surface area contributed by atoms with E-state index in [9.17, 15) is 8.42 Å². The van der Waals surface area contributed by atoms with Gasteiger partial charge < -0.3 is 0 Å². The second-order valence-electron chi connectivity index (χ2n) is 7.39. The molecule has 1 aliphatic rings. The van der Waals surface area contributed by atoms with Crippen LogP contribution in [0, 0.1) is 6.92 Å². The largest absolute Gasteiger partial charge is 0.252 e. The summed E-state index contributed by atoms with van der Waals surface area (Å²) in [5, 5.41) is 1.54. The minimum atomic E-state index is -3.63. The van der Waals surface area contributed by atoms with Crippen molar-refractivity contribution in [3.8, 4) is 0 Å². The van der Waals surface area contributed by atoms with Crippen LogP contribution in [0.4, 0.5) is 0 Å². The van der Waals surface area contributed by atoms with Crippen LogP contribution in [-0.4, -0.2) is 30.8 Å². The van der Waals surface area contributed by atoms with E-state index in [0.717, 1.165) is 35.9 Å². The average molecular weight is 415 g/mol. The van der Waals surface area contributed by atoms with Gasteiger partial charge >= 0.3 is 0 Å². The highest BCUT2D eigenvalue weighted by Gasteiger charge is 2.31. The molecule has 1 unspecified atom stereocenters. The van der Waals surface area contributed by atoms with Crippen molar-refractivity contribution >= 4 is 32.5 Å². The van der Waals surface area contributed by atoms with Gasteiger partial charge in [0.25, 0.3) is 0 Å². The Morgan fingerprint density at radius 3 is 2.61 bits per heavy atom. The van der Waals surface area contributed by atoms with Crippen LogP contribution in [0.5, 0.6) is 0 Å². The van der Waals surface area contributed by atoms with Gasteiger partial charge in [-0.2, -0.15) is 4.31 Å². The Balaban J connectivity index is 1.72. The number of hydrogen-bond donors (Lipinski definition) is 0. The topological polar surface area (TPSA) is 50.3 Å². The van der Waals surface area contributed by atoms with Gasteiger partial charge in [-0.05, 0) is 55.5 Å². The van der Waals surface area contributed by atoms with Gasteiger partial charge in [0, 0.05) is 29.2 Å². The van der Waals surface area contributed by atoms with Crippen molar-refractivity contribution in [2.24, 2.45) is 0 Å². The van der Waals surface area contributed by atoms with Gasteiger partial charge in [0.15, 0.2) is 0 Å². The van der Waals surface area contributed by atoms with Gasteiger partial charge in [-0.25, -0.2) is 8.42 Å². The number of rotatable bonds is 3. The van der Waals surface area contributed by atoms with Crippen molar-refractivity contribution in [3.05, 3.63) is 70.9 Å². The highest BCUT2D eigenvalue weighted by Crippen LogP contribution is 2.32. The molecule has 0 bridgehead atoms. The Morgan fingerprint density at radius 2 is 1.82 bits per heavy atom. The summed E-state index contributed by atoms with van der Waals surface area (Å²) in [4.78, 5) is 4.82. The predicted molar refractivity (Wildman–Crippen MR) is 113 cm³/mol. The molecule has 0 saturated carbocycles. The molecule has 2 aromatic carbocycles. The molecule has 0 spiro atoms. The highest BCUT2D eigenvalue weighted by atomic mass is 35.5. The smallest absolute Gasteiger partial charge is 0.245 e. The average Bonchev–Trinajstić information content (AvgIpc) is 2.95. The number of nitrogens with zero attached hydrogens (tertiary/aromatic N) is 2. The first-order chi connectivity index (χ1) is 13.4. The number of halogens is 1. The first kappa shape index (κ1) is 19.4. The summed E-state index contributed by atoms with van der Waals surface area (Å²) in [6, 6.07) is 17.0. The van der Waals surface area contributed by atoms with Gasteiger partial charge in [-0.3, -0.25) is 4.98 Å². The van der Waals surface area contributed by atoms with E-state index in [2.05, 4.69) is 4.98 Å². The summed E-state index contributed by atoms with van der Waals surface area (Å²) < 4.78 is 28.8. The molecule has 0 aliphatic carbocycles. The first-order valence-electron chi connectivity index (χ1n) is 9.57. The van der Waals surface area contributed by atoms with E-state index in [0.29, 0.717) is 28.5 Å². The lowest BCUT2D eigenvalue weighted by atomic mass is 9.95. The Bertz CT molecular complexity index is 1100. The molecule has 4 nitrogen and oxygen atoms in total.